The zero-order valence-electron chi connectivity index (χ0n) is 27.0. The Bertz CT molecular complexity index is 2630. The number of fused-ring (bicyclic) bond motifs is 7. The molecule has 2 heterocycles. The second kappa shape index (κ2) is 11.2. The Balaban J connectivity index is 1.19. The van der Waals surface area contributed by atoms with E-state index >= 15 is 0 Å². The number of nitrogens with zero attached hydrogens (tertiary/aromatic N) is 3. The number of para-hydroxylation sites is 1. The van der Waals surface area contributed by atoms with Crippen molar-refractivity contribution in [1.29, 1.82) is 0 Å². The van der Waals surface area contributed by atoms with Crippen molar-refractivity contribution in [2.75, 3.05) is 0 Å². The van der Waals surface area contributed by atoms with Crippen molar-refractivity contribution < 1.29 is 4.42 Å². The first-order valence-corrected chi connectivity index (χ1v) is 16.9. The van der Waals surface area contributed by atoms with Gasteiger partial charge in [0.25, 0.3) is 0 Å². The molecule has 4 heteroatoms. The summed E-state index contributed by atoms with van der Waals surface area (Å²) in [5.41, 5.74) is 11.2. The Hall–Kier alpha value is -6.65. The fourth-order valence-corrected chi connectivity index (χ4v) is 7.83. The topological polar surface area (TPSA) is 51.8 Å². The second-order valence-corrected chi connectivity index (χ2v) is 12.7. The smallest absolute Gasteiger partial charge is 0.164 e. The Morgan fingerprint density at radius 2 is 0.900 bits per heavy atom. The third-order valence-corrected chi connectivity index (χ3v) is 10.0. The molecule has 1 atom stereocenters. The van der Waals surface area contributed by atoms with Gasteiger partial charge in [0.1, 0.15) is 11.2 Å². The van der Waals surface area contributed by atoms with Gasteiger partial charge in [0.15, 0.2) is 17.5 Å². The number of aromatic nitrogens is 3. The van der Waals surface area contributed by atoms with Crippen LogP contribution in [0.3, 0.4) is 0 Å². The molecule has 0 bridgehead atoms. The van der Waals surface area contributed by atoms with Gasteiger partial charge in [0.2, 0.25) is 0 Å². The molecule has 0 radical (unpaired) electrons. The standard InChI is InChI=1S/C46H29N3O/c1-4-14-30(15-5-1)43-47-44(31-16-6-2-7-17-31)49-45(48-43)32-24-26-34(27-25-32)46(33-18-8-3-9-19-33)38-22-12-10-21-37(38)41-39(46)29-28-36-35-20-11-13-23-40(35)50-42(36)41/h1-29H. The molecule has 50 heavy (non-hydrogen) atoms. The maximum atomic E-state index is 6.67. The van der Waals surface area contributed by atoms with Gasteiger partial charge < -0.3 is 4.42 Å². The van der Waals surface area contributed by atoms with Gasteiger partial charge in [-0.25, -0.2) is 15.0 Å². The first-order valence-electron chi connectivity index (χ1n) is 16.9. The molecule has 0 saturated heterocycles. The van der Waals surface area contributed by atoms with Crippen LogP contribution in [-0.4, -0.2) is 15.0 Å². The molecule has 0 fully saturated rings. The molecule has 0 amide bonds. The average Bonchev–Trinajstić information content (AvgIpc) is 3.73. The van der Waals surface area contributed by atoms with Crippen LogP contribution in [0.25, 0.3) is 67.2 Å². The van der Waals surface area contributed by atoms with Crippen molar-refractivity contribution in [2.24, 2.45) is 0 Å². The highest BCUT2D eigenvalue weighted by molar-refractivity contribution is 6.12. The van der Waals surface area contributed by atoms with E-state index < -0.39 is 5.41 Å². The lowest BCUT2D eigenvalue weighted by Gasteiger charge is -2.34. The van der Waals surface area contributed by atoms with Crippen LogP contribution in [-0.2, 0) is 5.41 Å². The molecule has 0 N–H and O–H groups in total. The van der Waals surface area contributed by atoms with E-state index in [9.17, 15) is 0 Å². The van der Waals surface area contributed by atoms with Gasteiger partial charge in [-0.15, -0.1) is 0 Å². The van der Waals surface area contributed by atoms with Gasteiger partial charge in [-0.2, -0.15) is 0 Å². The Labute approximate surface area is 289 Å². The molecule has 10 rings (SSSR count). The highest BCUT2D eigenvalue weighted by Gasteiger charge is 2.47. The molecule has 1 aliphatic carbocycles. The van der Waals surface area contributed by atoms with Gasteiger partial charge in [-0.1, -0.05) is 170 Å². The zero-order chi connectivity index (χ0) is 33.1. The van der Waals surface area contributed by atoms with Crippen molar-refractivity contribution >= 4 is 21.9 Å². The lowest BCUT2D eigenvalue weighted by molar-refractivity contribution is 0.669. The normalized spacial score (nSPS) is 14.9. The van der Waals surface area contributed by atoms with Gasteiger partial charge in [0.05, 0.1) is 5.41 Å². The van der Waals surface area contributed by atoms with Gasteiger partial charge >= 0.3 is 0 Å². The van der Waals surface area contributed by atoms with Crippen LogP contribution in [0.15, 0.2) is 180 Å². The predicted molar refractivity (Wildman–Crippen MR) is 201 cm³/mol. The van der Waals surface area contributed by atoms with Crippen molar-refractivity contribution in [3.05, 3.63) is 198 Å². The molecule has 0 spiro atoms. The van der Waals surface area contributed by atoms with E-state index in [2.05, 4.69) is 109 Å². The van der Waals surface area contributed by atoms with E-state index in [1.165, 1.54) is 22.3 Å². The van der Waals surface area contributed by atoms with E-state index in [4.69, 9.17) is 19.4 Å². The monoisotopic (exact) mass is 639 g/mol. The van der Waals surface area contributed by atoms with Crippen LogP contribution in [0.4, 0.5) is 0 Å². The molecular formula is C46H29N3O. The fraction of sp³-hybridized carbons (Fsp3) is 0.0217. The van der Waals surface area contributed by atoms with Crippen LogP contribution in [0, 0.1) is 0 Å². The van der Waals surface area contributed by atoms with Crippen LogP contribution >= 0.6 is 0 Å². The number of hydrogen-bond donors (Lipinski definition) is 0. The summed E-state index contributed by atoms with van der Waals surface area (Å²) in [6.07, 6.45) is 0. The van der Waals surface area contributed by atoms with Crippen LogP contribution < -0.4 is 0 Å². The molecule has 234 valence electrons. The summed E-state index contributed by atoms with van der Waals surface area (Å²) in [4.78, 5) is 14.9. The fourth-order valence-electron chi connectivity index (χ4n) is 7.83. The second-order valence-electron chi connectivity index (χ2n) is 12.7. The molecule has 0 saturated carbocycles. The summed E-state index contributed by atoms with van der Waals surface area (Å²) >= 11 is 0. The minimum Gasteiger partial charge on any atom is -0.455 e. The molecule has 2 aromatic heterocycles. The highest BCUT2D eigenvalue weighted by atomic mass is 16.3. The number of furan rings is 1. The molecule has 1 unspecified atom stereocenters. The molecule has 1 aliphatic rings. The Morgan fingerprint density at radius 1 is 0.380 bits per heavy atom. The summed E-state index contributed by atoms with van der Waals surface area (Å²) in [5.74, 6) is 1.93. The quantitative estimate of drug-likeness (QED) is 0.188. The zero-order valence-corrected chi connectivity index (χ0v) is 27.0. The maximum absolute atomic E-state index is 6.67. The van der Waals surface area contributed by atoms with E-state index in [1.807, 2.05) is 66.7 Å². The molecule has 4 nitrogen and oxygen atoms in total. The minimum atomic E-state index is -0.567. The van der Waals surface area contributed by atoms with Gasteiger partial charge in [-0.3, -0.25) is 0 Å². The third-order valence-electron chi connectivity index (χ3n) is 10.0. The van der Waals surface area contributed by atoms with Crippen molar-refractivity contribution in [3.8, 4) is 45.3 Å². The summed E-state index contributed by atoms with van der Waals surface area (Å²) in [7, 11) is 0. The molecular weight excluding hydrogens is 611 g/mol. The summed E-state index contributed by atoms with van der Waals surface area (Å²) < 4.78 is 6.67. The first kappa shape index (κ1) is 28.4. The average molecular weight is 640 g/mol. The van der Waals surface area contributed by atoms with Crippen molar-refractivity contribution in [3.63, 3.8) is 0 Å². The van der Waals surface area contributed by atoms with Gasteiger partial charge in [-0.05, 0) is 33.9 Å². The van der Waals surface area contributed by atoms with Crippen molar-refractivity contribution in [1.82, 2.24) is 15.0 Å². The van der Waals surface area contributed by atoms with Crippen LogP contribution in [0.2, 0.25) is 0 Å². The lowest BCUT2D eigenvalue weighted by atomic mass is 9.67. The van der Waals surface area contributed by atoms with Gasteiger partial charge in [0, 0.05) is 33.0 Å². The van der Waals surface area contributed by atoms with E-state index in [-0.39, 0.29) is 0 Å². The summed E-state index contributed by atoms with van der Waals surface area (Å²) in [6, 6.07) is 61.4. The predicted octanol–water partition coefficient (Wildman–Crippen LogP) is 11.1. The third kappa shape index (κ3) is 4.22. The first-order chi connectivity index (χ1) is 24.8. The number of hydrogen-bond acceptors (Lipinski definition) is 4. The van der Waals surface area contributed by atoms with Crippen LogP contribution in [0.5, 0.6) is 0 Å². The summed E-state index contributed by atoms with van der Waals surface area (Å²) in [5, 5.41) is 2.26. The maximum Gasteiger partial charge on any atom is 0.164 e. The largest absolute Gasteiger partial charge is 0.455 e. The molecule has 7 aromatic carbocycles. The molecule has 0 aliphatic heterocycles. The SMILES string of the molecule is c1ccc(-c2nc(-c3ccccc3)nc(-c3ccc(C4(c5ccccc5)c5ccccc5-c5c4ccc4c5oc5ccccc54)cc3)n2)cc1. The lowest BCUT2D eigenvalue weighted by Crippen LogP contribution is -2.28. The van der Waals surface area contributed by atoms with E-state index in [1.54, 1.807) is 0 Å². The number of benzene rings is 7. The Kier molecular flexibility index (Phi) is 6.36. The van der Waals surface area contributed by atoms with E-state index in [0.29, 0.717) is 17.5 Å². The minimum absolute atomic E-state index is 0.567. The highest BCUT2D eigenvalue weighted by Crippen LogP contribution is 2.58. The van der Waals surface area contributed by atoms with Crippen LogP contribution in [0.1, 0.15) is 22.3 Å². The summed E-state index contributed by atoms with van der Waals surface area (Å²) in [6.45, 7) is 0. The molecule has 9 aromatic rings. The van der Waals surface area contributed by atoms with Crippen molar-refractivity contribution in [2.45, 2.75) is 5.41 Å². The Morgan fingerprint density at radius 3 is 1.56 bits per heavy atom. The van der Waals surface area contributed by atoms with E-state index in [0.717, 1.165) is 49.8 Å². The number of rotatable bonds is 5.